The molecule has 0 fully saturated rings. The molecule has 0 aliphatic carbocycles. The first-order chi connectivity index (χ1) is 31.8. The van der Waals surface area contributed by atoms with Crippen molar-refractivity contribution in [2.24, 2.45) is 0 Å². The second-order valence-corrected chi connectivity index (χ2v) is 11.7. The zero-order valence-corrected chi connectivity index (χ0v) is 57.0. The quantitative estimate of drug-likeness (QED) is 0.130. The van der Waals surface area contributed by atoms with Crippen LogP contribution in [0.5, 0.6) is 0 Å². The standard InChI is InChI=1S/C13H8N.C12H10N.C11H8N.C9H6NS.7C2H6.6CH4.4CH3.4Ir/c1-2-6-12-10(4-1)7-8-11-5-3-9-14-13(11)12;1-2-6-11(7-3-1)10-12-8-4-5-9-13-12;1-2-6-10(7-3-1)11-8-4-5-9-12-11;1-2-6-10-8(4-1)9-5-3-7-11-9;7*1-2;;;;;;;;;;;;;;/h1-5,7-9H;1-6,8-9H,10H2;1-6,8-9H;1-4,6-7H;7*1-2H3;6*1H4;4*1H3;;;;/q4*-1;;;;;;;;;;;;;;4*-1;;;;. The smallest absolute Gasteiger partial charge is 0.0426 e. The molecule has 0 unspecified atom stereocenters. The number of rotatable bonds is 4. The molecule has 9 rings (SSSR count). The number of pyridine rings is 4. The number of fused-ring (bicyclic) bond motifs is 3. The number of hydrogen-bond acceptors (Lipinski definition) is 5. The molecule has 0 N–H and O–H groups in total. The molecule has 0 spiro atoms. The van der Waals surface area contributed by atoms with Gasteiger partial charge in [-0.2, -0.15) is 48.0 Å². The Labute approximate surface area is 545 Å². The van der Waals surface area contributed by atoms with Crippen molar-refractivity contribution in [3.63, 3.8) is 0 Å². The molecule has 9 heteroatoms. The Kier molecular flexibility index (Phi) is 131. The van der Waals surface area contributed by atoms with Gasteiger partial charge in [0.2, 0.25) is 0 Å². The van der Waals surface area contributed by atoms with Crippen LogP contribution in [0.3, 0.4) is 0 Å². The average Bonchev–Trinajstić information content (AvgIpc) is 3.98. The molecular formula is C69H110Ir4N4S-8. The van der Waals surface area contributed by atoms with Gasteiger partial charge in [0.15, 0.2) is 0 Å². The van der Waals surface area contributed by atoms with E-state index in [-0.39, 0.29) is 155 Å². The topological polar surface area (TPSA) is 51.6 Å². The van der Waals surface area contributed by atoms with Crippen LogP contribution in [0.1, 0.15) is 153 Å². The van der Waals surface area contributed by atoms with E-state index in [0.717, 1.165) is 44.8 Å². The summed E-state index contributed by atoms with van der Waals surface area (Å²) in [5.74, 6) is 0. The van der Waals surface area contributed by atoms with Gasteiger partial charge in [-0.3, -0.25) is 4.98 Å². The zero-order chi connectivity index (χ0) is 48.1. The van der Waals surface area contributed by atoms with Gasteiger partial charge >= 0.3 is 0 Å². The Balaban J connectivity index is -0.0000000413. The van der Waals surface area contributed by atoms with E-state index in [2.05, 4.69) is 74.5 Å². The maximum absolute atomic E-state index is 4.38. The van der Waals surface area contributed by atoms with Gasteiger partial charge in [-0.25, -0.2) is 11.3 Å². The molecule has 4 nitrogen and oxygen atoms in total. The molecule has 0 aliphatic heterocycles. The van der Waals surface area contributed by atoms with Crippen LogP contribution < -0.4 is 0 Å². The van der Waals surface area contributed by atoms with Gasteiger partial charge < -0.3 is 44.7 Å². The first-order valence-electron chi connectivity index (χ1n) is 23.1. The summed E-state index contributed by atoms with van der Waals surface area (Å²) in [6, 6.07) is 62.3. The fraction of sp³-hybridized carbons (Fsp3) is 0.304. The van der Waals surface area contributed by atoms with E-state index in [1.165, 1.54) is 16.3 Å². The summed E-state index contributed by atoms with van der Waals surface area (Å²) in [7, 11) is 0. The number of nitrogens with zero attached hydrogens (tertiary/aromatic N) is 4. The molecule has 0 saturated heterocycles. The molecule has 5 heterocycles. The average molecular weight is 1800 g/mol. The normalized spacial score (nSPS) is 7.00. The van der Waals surface area contributed by atoms with Crippen LogP contribution in [0.25, 0.3) is 43.5 Å². The fourth-order valence-corrected chi connectivity index (χ4v) is 5.57. The number of benzene rings is 4. The van der Waals surface area contributed by atoms with Gasteiger partial charge in [-0.05, 0) is 59.0 Å². The SMILES string of the molecule is C.C.C.C.C.C.CC.CC.CC.CC.CC.CC.CC.[CH3-].[CH3-].[CH3-].[CH3-].[Ir].[Ir].[Ir].[Ir].[c-]1cccc2ccc3cccnc3c12.[c-]1ccccc1-c1ccccn1.[c-]1ccccc1Cc1ccccn1.[c-]1ccsc1-c1ccccn1. The van der Waals surface area contributed by atoms with Crippen LogP contribution in [0.2, 0.25) is 0 Å². The van der Waals surface area contributed by atoms with E-state index in [1.54, 1.807) is 23.7 Å². The maximum Gasteiger partial charge on any atom is 0.0426 e. The summed E-state index contributed by atoms with van der Waals surface area (Å²) in [6.45, 7) is 28.0. The summed E-state index contributed by atoms with van der Waals surface area (Å²) >= 11 is 1.66. The maximum atomic E-state index is 4.38. The fourth-order valence-electron chi connectivity index (χ4n) is 4.92. The van der Waals surface area contributed by atoms with Gasteiger partial charge in [-0.1, -0.05) is 195 Å². The van der Waals surface area contributed by atoms with E-state index in [1.807, 2.05) is 236 Å². The molecule has 0 bridgehead atoms. The molecule has 4 radical (unpaired) electrons. The third-order valence-electron chi connectivity index (χ3n) is 7.29. The predicted molar refractivity (Wildman–Crippen MR) is 351 cm³/mol. The van der Waals surface area contributed by atoms with Gasteiger partial charge in [0.1, 0.15) is 0 Å². The van der Waals surface area contributed by atoms with Crippen molar-refractivity contribution >= 4 is 33.0 Å². The molecule has 0 amide bonds. The van der Waals surface area contributed by atoms with Crippen LogP contribution in [0.4, 0.5) is 0 Å². The Morgan fingerprint density at radius 1 is 0.359 bits per heavy atom. The minimum absolute atomic E-state index is 0. The van der Waals surface area contributed by atoms with Crippen LogP contribution in [-0.4, -0.2) is 19.9 Å². The van der Waals surface area contributed by atoms with Crippen molar-refractivity contribution in [2.45, 2.75) is 148 Å². The molecule has 78 heavy (non-hydrogen) atoms. The Morgan fingerprint density at radius 2 is 0.795 bits per heavy atom. The molecular weight excluding hydrogens is 1690 g/mol. The second-order valence-electron chi connectivity index (χ2n) is 10.8. The largest absolute Gasteiger partial charge is 0.358 e. The summed E-state index contributed by atoms with van der Waals surface area (Å²) in [4.78, 5) is 18.2. The summed E-state index contributed by atoms with van der Waals surface area (Å²) < 4.78 is 0. The second kappa shape index (κ2) is 87.2. The van der Waals surface area contributed by atoms with E-state index < -0.39 is 0 Å². The van der Waals surface area contributed by atoms with Crippen molar-refractivity contribution < 1.29 is 80.4 Å². The number of aromatic nitrogens is 4. The molecule has 0 saturated carbocycles. The van der Waals surface area contributed by atoms with E-state index >= 15 is 0 Å². The van der Waals surface area contributed by atoms with Crippen molar-refractivity contribution in [1.82, 2.24) is 19.9 Å². The third kappa shape index (κ3) is 49.3. The summed E-state index contributed by atoms with van der Waals surface area (Å²) in [5.41, 5.74) is 6.32. The number of thiophene rings is 1. The van der Waals surface area contributed by atoms with Gasteiger partial charge in [0.05, 0.1) is 0 Å². The molecule has 4 aromatic carbocycles. The van der Waals surface area contributed by atoms with Crippen molar-refractivity contribution in [3.8, 4) is 21.8 Å². The van der Waals surface area contributed by atoms with Crippen LogP contribution in [0, 0.1) is 54.0 Å². The predicted octanol–water partition coefficient (Wildman–Crippen LogP) is 23.6. The monoisotopic (exact) mass is 1800 g/mol. The van der Waals surface area contributed by atoms with E-state index in [4.69, 9.17) is 0 Å². The first-order valence-corrected chi connectivity index (χ1v) is 24.0. The Hall–Kier alpha value is -3.70. The molecule has 456 valence electrons. The molecule has 0 aliphatic rings. The summed E-state index contributed by atoms with van der Waals surface area (Å²) in [5, 5.41) is 5.47. The Bertz CT molecular complexity index is 2160. The molecule has 0 atom stereocenters. The van der Waals surface area contributed by atoms with Crippen LogP contribution in [-0.2, 0) is 86.8 Å². The van der Waals surface area contributed by atoms with Gasteiger partial charge in [-0.15, -0.1) is 76.3 Å². The van der Waals surface area contributed by atoms with Crippen LogP contribution in [0.15, 0.2) is 182 Å². The van der Waals surface area contributed by atoms with Crippen molar-refractivity contribution in [2.75, 3.05) is 0 Å². The van der Waals surface area contributed by atoms with Gasteiger partial charge in [0.25, 0.3) is 0 Å². The van der Waals surface area contributed by atoms with Crippen LogP contribution >= 0.6 is 11.3 Å². The van der Waals surface area contributed by atoms with Crippen molar-refractivity contribution in [3.05, 3.63) is 247 Å². The summed E-state index contributed by atoms with van der Waals surface area (Å²) in [6.07, 6.45) is 8.08. The van der Waals surface area contributed by atoms with E-state index in [9.17, 15) is 0 Å². The molecule has 9 aromatic rings. The first kappa shape index (κ1) is 117. The zero-order valence-electron chi connectivity index (χ0n) is 46.6. The van der Waals surface area contributed by atoms with E-state index in [0.29, 0.717) is 0 Å². The minimum atomic E-state index is 0. The van der Waals surface area contributed by atoms with Crippen molar-refractivity contribution in [1.29, 1.82) is 0 Å². The van der Waals surface area contributed by atoms with Gasteiger partial charge in [0, 0.05) is 111 Å². The Morgan fingerprint density at radius 3 is 1.23 bits per heavy atom. The molecule has 5 aromatic heterocycles. The third-order valence-corrected chi connectivity index (χ3v) is 8.13. The minimum Gasteiger partial charge on any atom is -0.358 e. The number of hydrogen-bond donors (Lipinski definition) is 0.